The number of anilines is 1. The van der Waals surface area contributed by atoms with Crippen molar-refractivity contribution in [2.24, 2.45) is 0 Å². The first-order valence-electron chi connectivity index (χ1n) is 10.7. The molecule has 3 aromatic carbocycles. The Kier molecular flexibility index (Phi) is 6.20. The number of hydrogen-bond donors (Lipinski definition) is 1. The summed E-state index contributed by atoms with van der Waals surface area (Å²) in [5, 5.41) is 10.0. The molecular formula is C25H21F4NO4. The van der Waals surface area contributed by atoms with Gasteiger partial charge in [-0.25, -0.2) is 4.39 Å². The van der Waals surface area contributed by atoms with Crippen LogP contribution in [0.25, 0.3) is 10.8 Å². The summed E-state index contributed by atoms with van der Waals surface area (Å²) in [5.74, 6) is -2.75. The highest BCUT2D eigenvalue weighted by Crippen LogP contribution is 2.43. The van der Waals surface area contributed by atoms with Gasteiger partial charge in [0.1, 0.15) is 11.6 Å². The summed E-state index contributed by atoms with van der Waals surface area (Å²) in [6.45, 7) is 0.346. The molecule has 0 atom stereocenters. The van der Waals surface area contributed by atoms with Crippen LogP contribution in [0.1, 0.15) is 40.4 Å². The minimum atomic E-state index is -4.61. The van der Waals surface area contributed by atoms with E-state index >= 15 is 0 Å². The molecule has 0 aromatic heterocycles. The number of rotatable bonds is 7. The maximum absolute atomic E-state index is 14.9. The lowest BCUT2D eigenvalue weighted by molar-refractivity contribution is -0.153. The normalized spacial score (nSPS) is 13.4. The maximum Gasteiger partial charge on any atom is 0.422 e. The molecular weight excluding hydrogens is 454 g/mol. The fourth-order valence-electron chi connectivity index (χ4n) is 4.38. The highest BCUT2D eigenvalue weighted by Gasteiger charge is 2.38. The van der Waals surface area contributed by atoms with Gasteiger partial charge in [0.15, 0.2) is 6.61 Å². The van der Waals surface area contributed by atoms with Gasteiger partial charge in [0.05, 0.1) is 24.2 Å². The zero-order chi connectivity index (χ0) is 24.6. The third-order valence-corrected chi connectivity index (χ3v) is 5.70. The molecule has 5 nitrogen and oxygen atoms in total. The Morgan fingerprint density at radius 1 is 1.15 bits per heavy atom. The van der Waals surface area contributed by atoms with Crippen LogP contribution in [0.2, 0.25) is 0 Å². The van der Waals surface area contributed by atoms with Crippen LogP contribution in [-0.4, -0.2) is 29.8 Å². The summed E-state index contributed by atoms with van der Waals surface area (Å²) in [5.41, 5.74) is 1.47. The largest absolute Gasteiger partial charge is 0.483 e. The Labute approximate surface area is 192 Å². The second-order valence-electron chi connectivity index (χ2n) is 8.11. The molecule has 9 heteroatoms. The van der Waals surface area contributed by atoms with E-state index in [9.17, 15) is 27.2 Å². The number of nitrogens with zero attached hydrogens (tertiary/aromatic N) is 1. The number of hydrogen-bond acceptors (Lipinski definition) is 3. The highest BCUT2D eigenvalue weighted by molar-refractivity contribution is 6.16. The first-order valence-corrected chi connectivity index (χ1v) is 10.7. The predicted octanol–water partition coefficient (Wildman–Crippen LogP) is 5.66. The summed E-state index contributed by atoms with van der Waals surface area (Å²) < 4.78 is 59.1. The number of benzene rings is 3. The van der Waals surface area contributed by atoms with Crippen molar-refractivity contribution in [3.8, 4) is 5.75 Å². The van der Waals surface area contributed by atoms with E-state index in [0.717, 1.165) is 23.0 Å². The second-order valence-corrected chi connectivity index (χ2v) is 8.11. The molecule has 3 aromatic rings. The van der Waals surface area contributed by atoms with Crippen LogP contribution < -0.4 is 9.64 Å². The molecule has 0 spiro atoms. The number of carbonyl (C=O) groups excluding carboxylic acids is 1. The summed E-state index contributed by atoms with van der Waals surface area (Å²) in [6.07, 6.45) is -3.69. The van der Waals surface area contributed by atoms with E-state index < -0.39 is 30.5 Å². The molecule has 0 saturated heterocycles. The fraction of sp³-hybridized carbons (Fsp3) is 0.280. The summed E-state index contributed by atoms with van der Waals surface area (Å²) in [6, 6.07) is 10.6. The number of carbonyl (C=O) groups is 2. The number of alkyl halides is 3. The minimum absolute atomic E-state index is 0.000382. The molecule has 1 amide bonds. The van der Waals surface area contributed by atoms with E-state index in [2.05, 4.69) is 0 Å². The van der Waals surface area contributed by atoms with Gasteiger partial charge < -0.3 is 14.7 Å². The quantitative estimate of drug-likeness (QED) is 0.448. The Hall–Kier alpha value is -3.62. The van der Waals surface area contributed by atoms with E-state index in [1.54, 1.807) is 24.3 Å². The van der Waals surface area contributed by atoms with Gasteiger partial charge in [0, 0.05) is 5.39 Å². The average Bonchev–Trinajstić information content (AvgIpc) is 3.09. The lowest BCUT2D eigenvalue weighted by Crippen LogP contribution is -2.25. The number of carboxylic acids is 1. The van der Waals surface area contributed by atoms with E-state index in [1.165, 1.54) is 12.1 Å². The molecule has 1 aliphatic rings. The molecule has 0 bridgehead atoms. The SMILES string of the molecule is CCCc1c2c(c(OCC(F)(F)F)c3ccccc13)C(=O)N(c1ccc(CC(=O)O)cc1F)C2. The van der Waals surface area contributed by atoms with Crippen molar-refractivity contribution in [1.82, 2.24) is 0 Å². The van der Waals surface area contributed by atoms with Gasteiger partial charge in [-0.2, -0.15) is 13.2 Å². The van der Waals surface area contributed by atoms with Crippen molar-refractivity contribution in [3.63, 3.8) is 0 Å². The van der Waals surface area contributed by atoms with Crippen molar-refractivity contribution in [3.05, 3.63) is 70.5 Å². The summed E-state index contributed by atoms with van der Waals surface area (Å²) >= 11 is 0. The minimum Gasteiger partial charge on any atom is -0.483 e. The molecule has 4 rings (SSSR count). The lowest BCUT2D eigenvalue weighted by atomic mass is 9.91. The van der Waals surface area contributed by atoms with Gasteiger partial charge in [-0.05, 0) is 40.6 Å². The zero-order valence-corrected chi connectivity index (χ0v) is 18.2. The van der Waals surface area contributed by atoms with Crippen molar-refractivity contribution < 1.29 is 37.0 Å². The van der Waals surface area contributed by atoms with Crippen LogP contribution in [-0.2, 0) is 24.2 Å². The molecule has 0 fully saturated rings. The Bertz CT molecular complexity index is 1290. The number of halogens is 4. The summed E-state index contributed by atoms with van der Waals surface area (Å²) in [7, 11) is 0. The van der Waals surface area contributed by atoms with Gasteiger partial charge in [-0.15, -0.1) is 0 Å². The van der Waals surface area contributed by atoms with Gasteiger partial charge >= 0.3 is 12.1 Å². The number of amides is 1. The average molecular weight is 475 g/mol. The monoisotopic (exact) mass is 475 g/mol. The van der Waals surface area contributed by atoms with E-state index in [-0.39, 0.29) is 35.5 Å². The van der Waals surface area contributed by atoms with Crippen molar-refractivity contribution in [2.45, 2.75) is 38.9 Å². The maximum atomic E-state index is 14.9. The van der Waals surface area contributed by atoms with Crippen LogP contribution in [0.4, 0.5) is 23.2 Å². The molecule has 0 saturated carbocycles. The van der Waals surface area contributed by atoms with Gasteiger partial charge in [-0.3, -0.25) is 9.59 Å². The van der Waals surface area contributed by atoms with E-state index in [1.807, 2.05) is 6.92 Å². The molecule has 1 N–H and O–H groups in total. The number of fused-ring (bicyclic) bond motifs is 2. The molecule has 0 aliphatic carbocycles. The van der Waals surface area contributed by atoms with Gasteiger partial charge in [0.2, 0.25) is 0 Å². The third-order valence-electron chi connectivity index (χ3n) is 5.70. The Morgan fingerprint density at radius 2 is 1.85 bits per heavy atom. The number of ether oxygens (including phenoxy) is 1. The zero-order valence-electron chi connectivity index (χ0n) is 18.2. The molecule has 1 aliphatic heterocycles. The Balaban J connectivity index is 1.86. The molecule has 0 radical (unpaired) electrons. The third kappa shape index (κ3) is 4.42. The van der Waals surface area contributed by atoms with Crippen LogP contribution in [0.5, 0.6) is 5.75 Å². The highest BCUT2D eigenvalue weighted by atomic mass is 19.4. The number of aryl methyl sites for hydroxylation is 1. The predicted molar refractivity (Wildman–Crippen MR) is 118 cm³/mol. The first-order chi connectivity index (χ1) is 16.1. The smallest absolute Gasteiger partial charge is 0.422 e. The van der Waals surface area contributed by atoms with Gasteiger partial charge in [-0.1, -0.05) is 43.7 Å². The number of carboxylic acid groups (broad SMARTS) is 1. The van der Waals surface area contributed by atoms with E-state index in [4.69, 9.17) is 9.84 Å². The molecule has 0 unspecified atom stereocenters. The van der Waals surface area contributed by atoms with Crippen LogP contribution in [0.15, 0.2) is 42.5 Å². The van der Waals surface area contributed by atoms with E-state index in [0.29, 0.717) is 22.8 Å². The summed E-state index contributed by atoms with van der Waals surface area (Å²) in [4.78, 5) is 25.5. The lowest BCUT2D eigenvalue weighted by Gasteiger charge is -2.18. The molecule has 178 valence electrons. The van der Waals surface area contributed by atoms with Crippen molar-refractivity contribution in [1.29, 1.82) is 0 Å². The first kappa shape index (κ1) is 23.5. The molecule has 34 heavy (non-hydrogen) atoms. The van der Waals surface area contributed by atoms with Crippen LogP contribution in [0, 0.1) is 5.82 Å². The Morgan fingerprint density at radius 3 is 2.47 bits per heavy atom. The number of aliphatic carboxylic acids is 1. The van der Waals surface area contributed by atoms with Crippen LogP contribution in [0.3, 0.4) is 0 Å². The van der Waals surface area contributed by atoms with Crippen molar-refractivity contribution >= 4 is 28.3 Å². The standard InChI is InChI=1S/C25H21F4NO4/c1-2-5-15-16-6-3-4-7-17(16)23(34-13-25(27,28)29)22-18(15)12-30(24(22)33)20-9-8-14(10-19(20)26)11-21(31)32/h3-4,6-10H,2,5,11-13H2,1H3,(H,31,32). The fourth-order valence-corrected chi connectivity index (χ4v) is 4.38. The second kappa shape index (κ2) is 8.96. The topological polar surface area (TPSA) is 66.8 Å². The van der Waals surface area contributed by atoms with Gasteiger partial charge in [0.25, 0.3) is 5.91 Å². The molecule has 1 heterocycles. The van der Waals surface area contributed by atoms with Crippen molar-refractivity contribution in [2.75, 3.05) is 11.5 Å². The van der Waals surface area contributed by atoms with Crippen LogP contribution >= 0.6 is 0 Å².